The van der Waals surface area contributed by atoms with Crippen LogP contribution in [-0.2, 0) is 20.0 Å². The molecule has 0 fully saturated rings. The SMILES string of the molecule is O=S(OO)OO.[H-].[Na+]. The third-order valence-corrected chi connectivity index (χ3v) is 0.365. The van der Waals surface area contributed by atoms with Crippen LogP contribution in [0, 0.1) is 0 Å². The Labute approximate surface area is 65.7 Å². The fourth-order valence-corrected chi connectivity index (χ4v) is 0.0408. The van der Waals surface area contributed by atoms with E-state index in [-0.39, 0.29) is 31.0 Å². The van der Waals surface area contributed by atoms with E-state index in [9.17, 15) is 4.21 Å². The molecule has 0 aromatic carbocycles. The molecule has 0 atom stereocenters. The Kier molecular flexibility index (Phi) is 10.9. The molecular weight excluding hydrogens is 135 g/mol. The van der Waals surface area contributed by atoms with Crippen LogP contribution < -0.4 is 29.6 Å². The summed E-state index contributed by atoms with van der Waals surface area (Å²) in [5, 5.41) is 14.5. The van der Waals surface area contributed by atoms with Crippen LogP contribution in [0.4, 0.5) is 0 Å². The second-order valence-electron chi connectivity index (χ2n) is 0.353. The van der Waals surface area contributed by atoms with Crippen molar-refractivity contribution >= 4 is 11.4 Å². The van der Waals surface area contributed by atoms with E-state index in [2.05, 4.69) is 8.67 Å². The predicted octanol–water partition coefficient (Wildman–Crippen LogP) is -3.34. The largest absolute Gasteiger partial charge is 1.00 e. The standard InChI is InChI=1S/Na.H2O5S.H/c;1-4-6(3)5-2;/h;1-2H;/q+1;;-1. The van der Waals surface area contributed by atoms with Gasteiger partial charge in [0.05, 0.1) is 0 Å². The number of hydrogen-bond donors (Lipinski definition) is 2. The zero-order chi connectivity index (χ0) is 4.99. The van der Waals surface area contributed by atoms with Crippen molar-refractivity contribution in [1.29, 1.82) is 0 Å². The summed E-state index contributed by atoms with van der Waals surface area (Å²) in [6.45, 7) is 0. The van der Waals surface area contributed by atoms with Crippen molar-refractivity contribution in [3.63, 3.8) is 0 Å². The van der Waals surface area contributed by atoms with E-state index in [1.807, 2.05) is 0 Å². The van der Waals surface area contributed by atoms with Crippen LogP contribution in [0.2, 0.25) is 0 Å². The van der Waals surface area contributed by atoms with Gasteiger partial charge in [-0.3, -0.25) is 0 Å². The van der Waals surface area contributed by atoms with Gasteiger partial charge in [0, 0.05) is 0 Å². The van der Waals surface area contributed by atoms with Crippen molar-refractivity contribution in [1.82, 2.24) is 0 Å². The monoisotopic (exact) mass is 138 g/mol. The van der Waals surface area contributed by atoms with Crippen LogP contribution in [0.1, 0.15) is 1.43 Å². The molecule has 2 N–H and O–H groups in total. The van der Waals surface area contributed by atoms with Crippen molar-refractivity contribution in [3.8, 4) is 0 Å². The van der Waals surface area contributed by atoms with Gasteiger partial charge in [-0.15, -0.1) is 8.67 Å². The summed E-state index contributed by atoms with van der Waals surface area (Å²) in [6, 6.07) is 0. The molecule has 0 aromatic rings. The van der Waals surface area contributed by atoms with Crippen molar-refractivity contribution in [2.45, 2.75) is 0 Å². The Morgan fingerprint density at radius 3 is 1.71 bits per heavy atom. The van der Waals surface area contributed by atoms with Crippen LogP contribution in [0.3, 0.4) is 0 Å². The summed E-state index contributed by atoms with van der Waals surface area (Å²) in [5.74, 6) is 0. The number of hydrogen-bond acceptors (Lipinski definition) is 5. The maximum atomic E-state index is 9.35. The van der Waals surface area contributed by atoms with Crippen molar-refractivity contribution in [2.75, 3.05) is 0 Å². The van der Waals surface area contributed by atoms with E-state index in [0.29, 0.717) is 0 Å². The van der Waals surface area contributed by atoms with Gasteiger partial charge in [0.25, 0.3) is 0 Å². The fourth-order valence-electron chi connectivity index (χ4n) is 0.0136. The van der Waals surface area contributed by atoms with Crippen molar-refractivity contribution in [2.24, 2.45) is 0 Å². The van der Waals surface area contributed by atoms with Gasteiger partial charge in [0.1, 0.15) is 0 Å². The van der Waals surface area contributed by atoms with E-state index in [1.165, 1.54) is 0 Å². The predicted molar refractivity (Wildman–Crippen MR) is 16.7 cm³/mol. The van der Waals surface area contributed by atoms with Crippen LogP contribution in [0.25, 0.3) is 0 Å². The summed E-state index contributed by atoms with van der Waals surface area (Å²) in [5.41, 5.74) is 0. The second kappa shape index (κ2) is 6.99. The summed E-state index contributed by atoms with van der Waals surface area (Å²) in [7, 11) is 0. The first-order chi connectivity index (χ1) is 2.81. The molecule has 0 aromatic heterocycles. The van der Waals surface area contributed by atoms with E-state index >= 15 is 0 Å². The molecule has 0 spiro atoms. The molecule has 0 amide bonds. The second-order valence-corrected chi connectivity index (χ2v) is 1.06. The molecule has 0 rings (SSSR count). The Balaban J connectivity index is -0.000000125. The van der Waals surface area contributed by atoms with Crippen LogP contribution in [0.15, 0.2) is 0 Å². The minimum Gasteiger partial charge on any atom is -1.00 e. The summed E-state index contributed by atoms with van der Waals surface area (Å²) < 4.78 is 15.1. The third-order valence-electron chi connectivity index (χ3n) is 0.122. The summed E-state index contributed by atoms with van der Waals surface area (Å²) in [4.78, 5) is 0. The Morgan fingerprint density at radius 2 is 1.71 bits per heavy atom. The van der Waals surface area contributed by atoms with Gasteiger partial charge < -0.3 is 1.43 Å². The first-order valence-corrected chi connectivity index (χ1v) is 1.87. The Hall–Kier alpha value is 0.990. The Morgan fingerprint density at radius 1 is 1.43 bits per heavy atom. The molecule has 5 nitrogen and oxygen atoms in total. The summed E-state index contributed by atoms with van der Waals surface area (Å²) in [6.07, 6.45) is 0. The third kappa shape index (κ3) is 6.99. The minimum atomic E-state index is -2.42. The van der Waals surface area contributed by atoms with Gasteiger partial charge in [-0.25, -0.2) is 10.5 Å². The maximum absolute atomic E-state index is 9.35. The molecule has 0 aliphatic carbocycles. The molecule has 0 bridgehead atoms. The average molecular weight is 138 g/mol. The molecule has 40 valence electrons. The molecule has 0 radical (unpaired) electrons. The van der Waals surface area contributed by atoms with E-state index in [1.54, 1.807) is 0 Å². The molecule has 0 unspecified atom stereocenters. The smallest absolute Gasteiger partial charge is 1.00 e. The molecule has 7 heteroatoms. The van der Waals surface area contributed by atoms with E-state index in [4.69, 9.17) is 10.5 Å². The fraction of sp³-hybridized carbons (Fsp3) is 0. The molecule has 0 aliphatic rings. The van der Waals surface area contributed by atoms with Crippen LogP contribution in [0.5, 0.6) is 0 Å². The van der Waals surface area contributed by atoms with Gasteiger partial charge in [0.2, 0.25) is 0 Å². The molecular formula is H3NaO5S. The molecule has 0 heterocycles. The van der Waals surface area contributed by atoms with E-state index < -0.39 is 11.4 Å². The quantitative estimate of drug-likeness (QED) is 0.237. The first-order valence-electron chi connectivity index (χ1n) is 0.865. The minimum absolute atomic E-state index is 0. The molecule has 0 saturated carbocycles. The van der Waals surface area contributed by atoms with Gasteiger partial charge in [-0.1, -0.05) is 0 Å². The molecule has 7 heavy (non-hydrogen) atoms. The van der Waals surface area contributed by atoms with E-state index in [0.717, 1.165) is 0 Å². The van der Waals surface area contributed by atoms with Gasteiger partial charge in [-0.2, -0.15) is 4.21 Å². The zero-order valence-corrected chi connectivity index (χ0v) is 6.34. The van der Waals surface area contributed by atoms with Crippen molar-refractivity contribution in [3.05, 3.63) is 0 Å². The zero-order valence-electron chi connectivity index (χ0n) is 4.53. The van der Waals surface area contributed by atoms with Crippen LogP contribution >= 0.6 is 0 Å². The average Bonchev–Trinajstić information content (AvgIpc) is 1.65. The molecule has 0 aliphatic heterocycles. The normalized spacial score (nSPS) is 8.43. The van der Waals surface area contributed by atoms with Crippen molar-refractivity contribution < 1.29 is 54.4 Å². The van der Waals surface area contributed by atoms with Crippen LogP contribution in [-0.4, -0.2) is 14.7 Å². The molecule has 0 saturated heterocycles. The topological polar surface area (TPSA) is 76.0 Å². The number of rotatable bonds is 2. The summed E-state index contributed by atoms with van der Waals surface area (Å²) >= 11 is -2.42. The Bertz CT molecular complexity index is 50.4. The van der Waals surface area contributed by atoms with Gasteiger partial charge in [0.15, 0.2) is 0 Å². The van der Waals surface area contributed by atoms with Gasteiger partial charge >= 0.3 is 40.9 Å². The first kappa shape index (κ1) is 10.9. The van der Waals surface area contributed by atoms with Gasteiger partial charge in [-0.05, 0) is 0 Å². The maximum Gasteiger partial charge on any atom is 1.00 e.